The predicted molar refractivity (Wildman–Crippen MR) is 105 cm³/mol. The quantitative estimate of drug-likeness (QED) is 0.684. The van der Waals surface area contributed by atoms with Crippen molar-refractivity contribution >= 4 is 38.4 Å². The fourth-order valence-corrected chi connectivity index (χ4v) is 3.34. The fraction of sp³-hybridized carbons (Fsp3) is 0.200. The van der Waals surface area contributed by atoms with E-state index in [1.165, 1.54) is 0 Å². The van der Waals surface area contributed by atoms with E-state index >= 15 is 0 Å². The lowest BCUT2D eigenvalue weighted by Crippen LogP contribution is -2.19. The van der Waals surface area contributed by atoms with E-state index < -0.39 is 0 Å². The zero-order valence-electron chi connectivity index (χ0n) is 14.8. The van der Waals surface area contributed by atoms with Crippen LogP contribution >= 0.6 is 15.9 Å². The van der Waals surface area contributed by atoms with Crippen molar-refractivity contribution in [2.75, 3.05) is 12.4 Å². The highest BCUT2D eigenvalue weighted by Crippen LogP contribution is 2.27. The molecule has 132 valence electrons. The maximum absolute atomic E-state index is 12.6. The molecule has 1 amide bonds. The largest absolute Gasteiger partial charge is 0.496 e. The number of rotatable bonds is 4. The predicted octanol–water partition coefficient (Wildman–Crippen LogP) is 4.54. The molecule has 0 aliphatic carbocycles. The molecule has 0 fully saturated rings. The van der Waals surface area contributed by atoms with Crippen LogP contribution < -0.4 is 10.1 Å². The topological polar surface area (TPSA) is 67.0 Å². The molecule has 1 aromatic heterocycles. The van der Waals surface area contributed by atoms with Gasteiger partial charge < -0.3 is 14.6 Å². The average molecular weight is 412 g/mol. The lowest BCUT2D eigenvalue weighted by Gasteiger charge is -2.13. The number of aryl methyl sites for hydroxylation is 2. The molecule has 0 aliphatic rings. The van der Waals surface area contributed by atoms with E-state index in [1.807, 2.05) is 44.2 Å². The third-order valence-corrected chi connectivity index (χ3v) is 4.79. The monoisotopic (exact) mass is 411 g/mol. The Hall–Kier alpha value is -2.78. The van der Waals surface area contributed by atoms with E-state index in [1.54, 1.807) is 17.9 Å². The minimum Gasteiger partial charge on any atom is -0.496 e. The van der Waals surface area contributed by atoms with E-state index in [2.05, 4.69) is 27.3 Å². The van der Waals surface area contributed by atoms with Crippen molar-refractivity contribution in [3.63, 3.8) is 0 Å². The van der Waals surface area contributed by atoms with Gasteiger partial charge in [0.1, 0.15) is 18.4 Å². The third kappa shape index (κ3) is 3.44. The van der Waals surface area contributed by atoms with Gasteiger partial charge in [-0.25, -0.2) is 0 Å². The Balaban J connectivity index is 1.87. The van der Waals surface area contributed by atoms with Crippen LogP contribution in [0.25, 0.3) is 10.9 Å². The molecule has 0 bridgehead atoms. The van der Waals surface area contributed by atoms with Gasteiger partial charge in [-0.2, -0.15) is 5.26 Å². The Morgan fingerprint density at radius 2 is 2.04 bits per heavy atom. The number of anilines is 1. The Bertz CT molecular complexity index is 1050. The number of nitrogens with zero attached hydrogens (tertiary/aromatic N) is 2. The second kappa shape index (κ2) is 7.22. The van der Waals surface area contributed by atoms with Crippen molar-refractivity contribution in [3.05, 3.63) is 57.7 Å². The van der Waals surface area contributed by atoms with Gasteiger partial charge in [0.2, 0.25) is 5.91 Å². The minimum absolute atomic E-state index is 0.129. The van der Waals surface area contributed by atoms with E-state index in [9.17, 15) is 10.1 Å². The van der Waals surface area contributed by atoms with Gasteiger partial charge >= 0.3 is 0 Å². The number of hydrogen-bond donors (Lipinski definition) is 1. The lowest BCUT2D eigenvalue weighted by atomic mass is 10.1. The van der Waals surface area contributed by atoms with Crippen molar-refractivity contribution in [1.29, 1.82) is 5.26 Å². The van der Waals surface area contributed by atoms with Crippen LogP contribution in [0.3, 0.4) is 0 Å². The summed E-state index contributed by atoms with van der Waals surface area (Å²) in [5.41, 5.74) is 4.04. The van der Waals surface area contributed by atoms with Crippen LogP contribution in [0.5, 0.6) is 5.75 Å². The molecule has 0 spiro atoms. The maximum atomic E-state index is 12.6. The molecule has 1 heterocycles. The second-order valence-electron chi connectivity index (χ2n) is 6.13. The molecule has 0 aliphatic heterocycles. The molecule has 5 nitrogen and oxygen atoms in total. The summed E-state index contributed by atoms with van der Waals surface area (Å²) in [5.74, 6) is 0.642. The molecule has 0 saturated carbocycles. The first-order valence-corrected chi connectivity index (χ1v) is 8.86. The zero-order valence-corrected chi connectivity index (χ0v) is 16.3. The summed E-state index contributed by atoms with van der Waals surface area (Å²) in [4.78, 5) is 12.6. The summed E-state index contributed by atoms with van der Waals surface area (Å²) in [6, 6.07) is 11.7. The normalized spacial score (nSPS) is 10.6. The van der Waals surface area contributed by atoms with Gasteiger partial charge in [-0.05, 0) is 55.3 Å². The van der Waals surface area contributed by atoms with Crippen LogP contribution in [0, 0.1) is 25.2 Å². The molecule has 6 heteroatoms. The Morgan fingerprint density at radius 3 is 2.73 bits per heavy atom. The molecule has 0 unspecified atom stereocenters. The summed E-state index contributed by atoms with van der Waals surface area (Å²) in [6.45, 7) is 3.99. The average Bonchev–Trinajstić information content (AvgIpc) is 2.94. The van der Waals surface area contributed by atoms with Crippen LogP contribution in [-0.2, 0) is 11.3 Å². The number of hydrogen-bond acceptors (Lipinski definition) is 3. The van der Waals surface area contributed by atoms with Crippen molar-refractivity contribution in [3.8, 4) is 11.8 Å². The van der Waals surface area contributed by atoms with Crippen LogP contribution in [-0.4, -0.2) is 17.6 Å². The van der Waals surface area contributed by atoms with Crippen molar-refractivity contribution < 1.29 is 9.53 Å². The first-order valence-electron chi connectivity index (χ1n) is 8.06. The van der Waals surface area contributed by atoms with Crippen molar-refractivity contribution in [2.24, 2.45) is 0 Å². The Labute approximate surface area is 160 Å². The van der Waals surface area contributed by atoms with Gasteiger partial charge in [-0.3, -0.25) is 4.79 Å². The van der Waals surface area contributed by atoms with Gasteiger partial charge in [-0.1, -0.05) is 15.9 Å². The molecule has 3 rings (SSSR count). The lowest BCUT2D eigenvalue weighted by molar-refractivity contribution is -0.116. The number of fused-ring (bicyclic) bond motifs is 1. The number of methoxy groups -OCH3 is 1. The van der Waals surface area contributed by atoms with E-state index in [0.29, 0.717) is 5.56 Å². The zero-order chi connectivity index (χ0) is 18.8. The molecule has 2 aromatic carbocycles. The van der Waals surface area contributed by atoms with Crippen LogP contribution in [0.1, 0.15) is 16.7 Å². The molecule has 0 radical (unpaired) electrons. The number of carbonyl (C=O) groups excluding carboxylic acids is 1. The van der Waals surface area contributed by atoms with Gasteiger partial charge in [0.15, 0.2) is 0 Å². The smallest absolute Gasteiger partial charge is 0.244 e. The van der Waals surface area contributed by atoms with Gasteiger partial charge in [0.05, 0.1) is 12.7 Å². The van der Waals surface area contributed by atoms with Crippen LogP contribution in [0.15, 0.2) is 41.0 Å². The molecule has 1 N–H and O–H groups in total. The summed E-state index contributed by atoms with van der Waals surface area (Å²) >= 11 is 3.42. The van der Waals surface area contributed by atoms with E-state index in [4.69, 9.17) is 4.74 Å². The number of nitrogens with one attached hydrogen (secondary N) is 1. The number of ether oxygens (including phenoxy) is 1. The highest BCUT2D eigenvalue weighted by Gasteiger charge is 2.13. The number of nitriles is 1. The van der Waals surface area contributed by atoms with Crippen LogP contribution in [0.4, 0.5) is 5.69 Å². The second-order valence-corrected chi connectivity index (χ2v) is 7.04. The number of benzene rings is 2. The first-order chi connectivity index (χ1) is 12.4. The highest BCUT2D eigenvalue weighted by molar-refractivity contribution is 9.10. The highest BCUT2D eigenvalue weighted by atomic mass is 79.9. The molecule has 0 saturated heterocycles. The fourth-order valence-electron chi connectivity index (χ4n) is 2.98. The number of carbonyl (C=O) groups is 1. The Morgan fingerprint density at radius 1 is 1.27 bits per heavy atom. The third-order valence-electron chi connectivity index (χ3n) is 4.29. The minimum atomic E-state index is -0.151. The molecular formula is C20H18BrN3O2. The number of halogens is 1. The molecule has 26 heavy (non-hydrogen) atoms. The SMILES string of the molecule is COc1cc(C)c(NC(=O)Cn2cc(C#N)c3cc(Br)ccc32)cc1C. The van der Waals surface area contributed by atoms with Crippen LogP contribution in [0.2, 0.25) is 0 Å². The summed E-state index contributed by atoms with van der Waals surface area (Å²) in [7, 11) is 1.63. The standard InChI is InChI=1S/C20H18BrN3O2/c1-12-7-19(26-3)13(2)6-17(12)23-20(25)11-24-10-14(9-22)16-8-15(21)4-5-18(16)24/h4-8,10H,11H2,1-3H3,(H,23,25). The Kier molecular flexibility index (Phi) is 5.01. The maximum Gasteiger partial charge on any atom is 0.244 e. The van der Waals surface area contributed by atoms with E-state index in [0.717, 1.165) is 37.9 Å². The number of aromatic nitrogens is 1. The molecular weight excluding hydrogens is 394 g/mol. The summed E-state index contributed by atoms with van der Waals surface area (Å²) in [6.07, 6.45) is 1.71. The van der Waals surface area contributed by atoms with E-state index in [-0.39, 0.29) is 12.5 Å². The number of amides is 1. The first kappa shape index (κ1) is 18.0. The van der Waals surface area contributed by atoms with Gasteiger partial charge in [0.25, 0.3) is 0 Å². The van der Waals surface area contributed by atoms with Crippen molar-refractivity contribution in [2.45, 2.75) is 20.4 Å². The summed E-state index contributed by atoms with van der Waals surface area (Å²) in [5, 5.41) is 13.1. The van der Waals surface area contributed by atoms with Gasteiger partial charge in [-0.15, -0.1) is 0 Å². The molecule has 0 atom stereocenters. The van der Waals surface area contributed by atoms with Gasteiger partial charge in [0, 0.05) is 27.3 Å². The van der Waals surface area contributed by atoms with Crippen molar-refractivity contribution in [1.82, 2.24) is 4.57 Å². The summed E-state index contributed by atoms with van der Waals surface area (Å²) < 4.78 is 7.99. The molecule has 3 aromatic rings.